The molecule has 0 saturated heterocycles. The van der Waals surface area contributed by atoms with Gasteiger partial charge in [0.2, 0.25) is 0 Å². The van der Waals surface area contributed by atoms with Gasteiger partial charge in [0.15, 0.2) is 0 Å². The fourth-order valence-corrected chi connectivity index (χ4v) is 0.500. The molecule has 0 saturated carbocycles. The van der Waals surface area contributed by atoms with Gasteiger partial charge in [-0.15, -0.1) is 0 Å². The third-order valence-electron chi connectivity index (χ3n) is 0.957. The van der Waals surface area contributed by atoms with Crippen molar-refractivity contribution < 1.29 is 13.0 Å². The Balaban J connectivity index is 0. The normalized spacial score (nSPS) is 10.2. The van der Waals surface area contributed by atoms with Gasteiger partial charge in [-0.05, 0) is 0 Å². The summed E-state index contributed by atoms with van der Waals surface area (Å²) in [4.78, 5) is 0. The molecule has 0 aliphatic heterocycles. The molecule has 0 unspecified atom stereocenters. The summed E-state index contributed by atoms with van der Waals surface area (Å²) in [5.41, 5.74) is 0. The third kappa shape index (κ3) is 73.2. The summed E-state index contributed by atoms with van der Waals surface area (Å²) in [6.45, 7) is 4.46. The Morgan fingerprint density at radius 2 is 1.27 bits per heavy atom. The average Bonchev–Trinajstić information content (AvgIpc) is 1.79. The highest BCUT2D eigenvalue weighted by atomic mass is 32.2. The van der Waals surface area contributed by atoms with Crippen LogP contribution in [0.1, 0.15) is 39.5 Å². The molecule has 0 aromatic carbocycles. The van der Waals surface area contributed by atoms with Crippen LogP contribution in [0.25, 0.3) is 0 Å². The molecule has 3 nitrogen and oxygen atoms in total. The monoisotopic (exact) mass is 181 g/mol. The molecule has 0 aromatic heterocycles. The van der Waals surface area contributed by atoms with Crippen molar-refractivity contribution in [1.82, 2.24) is 0 Å². The van der Waals surface area contributed by atoms with Crippen LogP contribution in [0.3, 0.4) is 0 Å². The topological polar surface area (TPSA) is 57.2 Å². The Morgan fingerprint density at radius 3 is 1.36 bits per heavy atom. The molecule has 0 aliphatic rings. The number of hydrogen-bond acceptors (Lipinski definition) is 3. The van der Waals surface area contributed by atoms with Crippen LogP contribution in [0.15, 0.2) is 0 Å². The lowest BCUT2D eigenvalue weighted by molar-refractivity contribution is 0.470. The van der Waals surface area contributed by atoms with E-state index in [0.717, 1.165) is 0 Å². The Bertz CT molecular complexity index is 137. The smallest absolute Gasteiger partial charge is 0.0916 e. The van der Waals surface area contributed by atoms with Crippen molar-refractivity contribution in [2.45, 2.75) is 39.5 Å². The van der Waals surface area contributed by atoms with Gasteiger partial charge in [-0.1, -0.05) is 39.5 Å². The maximum atomic E-state index is 9.08. The molecule has 0 amide bonds. The minimum Gasteiger partial charge on any atom is -0.748 e. The first-order valence-corrected chi connectivity index (χ1v) is 5.64. The van der Waals surface area contributed by atoms with E-state index in [4.69, 9.17) is 13.0 Å². The molecule has 0 N–H and O–H groups in total. The molecule has 0 bridgehead atoms. The summed E-state index contributed by atoms with van der Waals surface area (Å²) in [6, 6.07) is 0. The number of rotatable bonds is 3. The van der Waals surface area contributed by atoms with E-state index in [1.54, 1.807) is 0 Å². The molecule has 11 heavy (non-hydrogen) atoms. The SMILES string of the molecule is CCCCCC.CS(=O)(=O)[O-]. The van der Waals surface area contributed by atoms with Crippen LogP contribution in [0.2, 0.25) is 0 Å². The van der Waals surface area contributed by atoms with Crippen LogP contribution in [-0.4, -0.2) is 19.2 Å². The second kappa shape index (κ2) is 8.01. The zero-order valence-electron chi connectivity index (χ0n) is 7.46. The second-order valence-electron chi connectivity index (χ2n) is 2.41. The standard InChI is InChI=1S/C6H14.CH4O3S/c1-3-5-6-4-2;1-5(2,3)4/h3-6H2,1-2H3;1H3,(H,2,3,4)/p-1. The van der Waals surface area contributed by atoms with E-state index in [1.807, 2.05) is 0 Å². The van der Waals surface area contributed by atoms with Gasteiger partial charge in [0, 0.05) is 6.26 Å². The first-order valence-electron chi connectivity index (χ1n) is 3.82. The van der Waals surface area contributed by atoms with Crippen molar-refractivity contribution >= 4 is 10.1 Å². The fourth-order valence-electron chi connectivity index (χ4n) is 0.500. The van der Waals surface area contributed by atoms with Crippen molar-refractivity contribution in [3.63, 3.8) is 0 Å². The predicted molar refractivity (Wildman–Crippen MR) is 45.4 cm³/mol. The first kappa shape index (κ1) is 13.5. The predicted octanol–water partition coefficient (Wildman–Crippen LogP) is 1.75. The summed E-state index contributed by atoms with van der Waals surface area (Å²) < 4.78 is 27.2. The summed E-state index contributed by atoms with van der Waals surface area (Å²) in [6.07, 6.45) is 6.14. The van der Waals surface area contributed by atoms with Crippen LogP contribution in [0, 0.1) is 0 Å². The maximum absolute atomic E-state index is 9.08. The van der Waals surface area contributed by atoms with Gasteiger partial charge in [0.05, 0.1) is 10.1 Å². The second-order valence-corrected chi connectivity index (χ2v) is 3.82. The van der Waals surface area contributed by atoms with E-state index in [0.29, 0.717) is 6.26 Å². The molecule has 0 radical (unpaired) electrons. The van der Waals surface area contributed by atoms with Gasteiger partial charge in [0.25, 0.3) is 0 Å². The highest BCUT2D eigenvalue weighted by Gasteiger charge is 1.75. The molecule has 0 spiro atoms. The summed E-state index contributed by atoms with van der Waals surface area (Å²) >= 11 is 0. The molecule has 0 atom stereocenters. The van der Waals surface area contributed by atoms with Gasteiger partial charge < -0.3 is 4.55 Å². The number of unbranched alkanes of at least 4 members (excludes halogenated alkanes) is 3. The average molecular weight is 181 g/mol. The van der Waals surface area contributed by atoms with E-state index in [2.05, 4.69) is 13.8 Å². The summed E-state index contributed by atoms with van der Waals surface area (Å²) in [7, 11) is -3.92. The lowest BCUT2D eigenvalue weighted by Crippen LogP contribution is -1.88. The molecule has 0 fully saturated rings. The number of hydrogen-bond donors (Lipinski definition) is 0. The van der Waals surface area contributed by atoms with Crippen LogP contribution in [0.4, 0.5) is 0 Å². The molecule has 0 aliphatic carbocycles. The zero-order valence-corrected chi connectivity index (χ0v) is 8.28. The van der Waals surface area contributed by atoms with Crippen molar-refractivity contribution in [2.24, 2.45) is 0 Å². The van der Waals surface area contributed by atoms with E-state index in [1.165, 1.54) is 25.7 Å². The van der Waals surface area contributed by atoms with Gasteiger partial charge in [-0.3, -0.25) is 0 Å². The Morgan fingerprint density at radius 1 is 1.09 bits per heavy atom. The summed E-state index contributed by atoms with van der Waals surface area (Å²) in [5, 5.41) is 0. The molecular formula is C7H17O3S-. The van der Waals surface area contributed by atoms with E-state index in [9.17, 15) is 0 Å². The molecular weight excluding hydrogens is 164 g/mol. The van der Waals surface area contributed by atoms with Crippen molar-refractivity contribution in [3.05, 3.63) is 0 Å². The van der Waals surface area contributed by atoms with Gasteiger partial charge in [-0.25, -0.2) is 8.42 Å². The van der Waals surface area contributed by atoms with E-state index < -0.39 is 10.1 Å². The van der Waals surface area contributed by atoms with Crippen molar-refractivity contribution in [3.8, 4) is 0 Å². The minimum absolute atomic E-state index is 0.604. The Hall–Kier alpha value is -0.0900. The molecule has 4 heteroatoms. The fraction of sp³-hybridized carbons (Fsp3) is 1.00. The Labute approximate surface area is 69.6 Å². The van der Waals surface area contributed by atoms with Crippen molar-refractivity contribution in [1.29, 1.82) is 0 Å². The lowest BCUT2D eigenvalue weighted by Gasteiger charge is -1.90. The van der Waals surface area contributed by atoms with E-state index >= 15 is 0 Å². The third-order valence-corrected chi connectivity index (χ3v) is 0.957. The molecule has 0 heterocycles. The van der Waals surface area contributed by atoms with Gasteiger partial charge in [0.1, 0.15) is 0 Å². The maximum Gasteiger partial charge on any atom is 0.0916 e. The van der Waals surface area contributed by atoms with Gasteiger partial charge in [-0.2, -0.15) is 0 Å². The molecule has 70 valence electrons. The molecule has 0 aromatic rings. The quantitative estimate of drug-likeness (QED) is 0.492. The zero-order chi connectivity index (χ0) is 9.33. The van der Waals surface area contributed by atoms with Gasteiger partial charge >= 0.3 is 0 Å². The first-order chi connectivity index (χ1) is 4.91. The van der Waals surface area contributed by atoms with Crippen LogP contribution in [0.5, 0.6) is 0 Å². The largest absolute Gasteiger partial charge is 0.748 e. The minimum atomic E-state index is -3.92. The lowest BCUT2D eigenvalue weighted by atomic mass is 10.2. The summed E-state index contributed by atoms with van der Waals surface area (Å²) in [5.74, 6) is 0. The highest BCUT2D eigenvalue weighted by Crippen LogP contribution is 1.95. The van der Waals surface area contributed by atoms with E-state index in [-0.39, 0.29) is 0 Å². The van der Waals surface area contributed by atoms with Crippen LogP contribution in [-0.2, 0) is 10.1 Å². The van der Waals surface area contributed by atoms with Crippen LogP contribution >= 0.6 is 0 Å². The van der Waals surface area contributed by atoms with Crippen LogP contribution < -0.4 is 0 Å². The Kier molecular flexibility index (Phi) is 9.83. The molecule has 0 rings (SSSR count). The van der Waals surface area contributed by atoms with Crippen molar-refractivity contribution in [2.75, 3.05) is 6.26 Å². The highest BCUT2D eigenvalue weighted by molar-refractivity contribution is 7.84.